The summed E-state index contributed by atoms with van der Waals surface area (Å²) >= 11 is 3.00. The first kappa shape index (κ1) is 15.6. The number of benzene rings is 1. The number of hydrogen-bond acceptors (Lipinski definition) is 7. The first-order valence-corrected chi connectivity index (χ1v) is 9.15. The summed E-state index contributed by atoms with van der Waals surface area (Å²) < 4.78 is 1.43. The highest BCUT2D eigenvalue weighted by Gasteiger charge is 2.24. The summed E-state index contributed by atoms with van der Waals surface area (Å²) in [5, 5.41) is 18.5. The molecular weight excluding hydrogens is 356 g/mol. The molecule has 25 heavy (non-hydrogen) atoms. The number of carbonyl (C=O) groups is 1. The second kappa shape index (κ2) is 6.91. The van der Waals surface area contributed by atoms with E-state index in [1.54, 1.807) is 11.3 Å². The second-order valence-electron chi connectivity index (χ2n) is 5.11. The number of tetrazole rings is 1. The molecule has 0 spiro atoms. The topological polar surface area (TPSA) is 85.6 Å². The molecule has 0 saturated heterocycles. The molecule has 0 radical (unpaired) electrons. The van der Waals surface area contributed by atoms with E-state index in [4.69, 9.17) is 0 Å². The van der Waals surface area contributed by atoms with Crippen molar-refractivity contribution in [2.24, 2.45) is 0 Å². The molecule has 0 bridgehead atoms. The van der Waals surface area contributed by atoms with Crippen molar-refractivity contribution < 1.29 is 4.79 Å². The summed E-state index contributed by atoms with van der Waals surface area (Å²) in [6.07, 6.45) is 1.43. The van der Waals surface area contributed by atoms with E-state index in [0.717, 1.165) is 16.1 Å². The minimum atomic E-state index is -0.662. The lowest BCUT2D eigenvalue weighted by Crippen LogP contribution is -2.27. The third kappa shape index (κ3) is 3.32. The van der Waals surface area contributed by atoms with Crippen LogP contribution in [0.2, 0.25) is 0 Å². The van der Waals surface area contributed by atoms with Gasteiger partial charge in [-0.25, -0.2) is 9.67 Å². The van der Waals surface area contributed by atoms with Crippen LogP contribution in [0.15, 0.2) is 59.6 Å². The van der Waals surface area contributed by atoms with Gasteiger partial charge in [0.15, 0.2) is 11.2 Å². The van der Waals surface area contributed by atoms with E-state index in [1.165, 1.54) is 22.3 Å². The van der Waals surface area contributed by atoms with Crippen LogP contribution in [0.25, 0.3) is 10.6 Å². The Bertz CT molecular complexity index is 950. The maximum absolute atomic E-state index is 12.8. The lowest BCUT2D eigenvalue weighted by molar-refractivity contribution is -0.118. The van der Waals surface area contributed by atoms with Gasteiger partial charge in [-0.1, -0.05) is 36.4 Å². The lowest BCUT2D eigenvalue weighted by Gasteiger charge is -2.15. The highest BCUT2D eigenvalue weighted by atomic mass is 32.1. The molecule has 1 atom stereocenters. The van der Waals surface area contributed by atoms with Crippen LogP contribution in [0.5, 0.6) is 0 Å². The Hall–Kier alpha value is -2.91. The average molecular weight is 368 g/mol. The van der Waals surface area contributed by atoms with Crippen molar-refractivity contribution in [3.8, 4) is 10.6 Å². The van der Waals surface area contributed by atoms with Crippen molar-refractivity contribution >= 4 is 33.7 Å². The molecule has 9 heteroatoms. The highest BCUT2D eigenvalue weighted by molar-refractivity contribution is 7.16. The van der Waals surface area contributed by atoms with E-state index in [9.17, 15) is 4.79 Å². The lowest BCUT2D eigenvalue weighted by atomic mass is 10.1. The predicted octanol–water partition coefficient (Wildman–Crippen LogP) is 3.09. The molecule has 0 unspecified atom stereocenters. The number of nitrogens with zero attached hydrogens (tertiary/aromatic N) is 5. The van der Waals surface area contributed by atoms with Crippen molar-refractivity contribution in [2.45, 2.75) is 6.04 Å². The van der Waals surface area contributed by atoms with Crippen LogP contribution in [0, 0.1) is 0 Å². The maximum atomic E-state index is 12.8. The van der Waals surface area contributed by atoms with Crippen LogP contribution in [0.4, 0.5) is 5.13 Å². The Morgan fingerprint density at radius 3 is 2.72 bits per heavy atom. The van der Waals surface area contributed by atoms with Gasteiger partial charge in [-0.2, -0.15) is 0 Å². The molecule has 0 fully saturated rings. The summed E-state index contributed by atoms with van der Waals surface area (Å²) in [4.78, 5) is 18.4. The van der Waals surface area contributed by atoms with Gasteiger partial charge in [0.25, 0.3) is 5.91 Å². The third-order valence-corrected chi connectivity index (χ3v) is 5.15. The molecule has 4 rings (SSSR count). The fraction of sp³-hybridized carbons (Fsp3) is 0.0625. The van der Waals surface area contributed by atoms with E-state index >= 15 is 0 Å². The number of rotatable bonds is 5. The van der Waals surface area contributed by atoms with Crippen LogP contribution in [-0.2, 0) is 4.79 Å². The summed E-state index contributed by atoms with van der Waals surface area (Å²) in [5.41, 5.74) is 1.65. The van der Waals surface area contributed by atoms with E-state index in [1.807, 2.05) is 53.2 Å². The van der Waals surface area contributed by atoms with Gasteiger partial charge >= 0.3 is 0 Å². The van der Waals surface area contributed by atoms with Gasteiger partial charge in [-0.15, -0.1) is 27.8 Å². The molecule has 1 N–H and O–H groups in total. The number of anilines is 1. The number of hydrogen-bond donors (Lipinski definition) is 1. The van der Waals surface area contributed by atoms with Gasteiger partial charge in [0.2, 0.25) is 0 Å². The monoisotopic (exact) mass is 368 g/mol. The zero-order valence-corrected chi connectivity index (χ0v) is 14.4. The molecule has 4 aromatic rings. The highest BCUT2D eigenvalue weighted by Crippen LogP contribution is 2.29. The zero-order valence-electron chi connectivity index (χ0n) is 12.8. The summed E-state index contributed by atoms with van der Waals surface area (Å²) in [7, 11) is 0. The first-order valence-electron chi connectivity index (χ1n) is 7.39. The standard InChI is InChI=1S/C16H12N6OS2/c23-15(19-16-18-12(9-25-16)13-7-4-8-24-13)14(22-10-17-20-21-22)11-5-2-1-3-6-11/h1-10,14H,(H,18,19,23)/t14-/m0/s1. The van der Waals surface area contributed by atoms with Crippen molar-refractivity contribution in [3.63, 3.8) is 0 Å². The van der Waals surface area contributed by atoms with Crippen molar-refractivity contribution in [2.75, 3.05) is 5.32 Å². The first-order chi connectivity index (χ1) is 12.3. The van der Waals surface area contributed by atoms with Crippen LogP contribution in [0.3, 0.4) is 0 Å². The fourth-order valence-electron chi connectivity index (χ4n) is 2.39. The molecule has 0 aliphatic rings. The minimum absolute atomic E-state index is 0.245. The van der Waals surface area contributed by atoms with E-state index in [-0.39, 0.29) is 5.91 Å². The Kier molecular flexibility index (Phi) is 4.32. The van der Waals surface area contributed by atoms with Crippen molar-refractivity contribution in [3.05, 3.63) is 65.1 Å². The van der Waals surface area contributed by atoms with E-state index < -0.39 is 6.04 Å². The smallest absolute Gasteiger partial charge is 0.255 e. The Labute approximate surface area is 151 Å². The minimum Gasteiger partial charge on any atom is -0.300 e. The van der Waals surface area contributed by atoms with Gasteiger partial charge in [0, 0.05) is 5.38 Å². The number of aromatic nitrogens is 5. The van der Waals surface area contributed by atoms with Gasteiger partial charge in [-0.05, 0) is 27.4 Å². The van der Waals surface area contributed by atoms with Crippen LogP contribution >= 0.6 is 22.7 Å². The number of thiazole rings is 1. The molecule has 0 saturated carbocycles. The molecule has 1 aromatic carbocycles. The van der Waals surface area contributed by atoms with Gasteiger partial charge in [0.1, 0.15) is 6.33 Å². The number of amides is 1. The molecule has 1 amide bonds. The van der Waals surface area contributed by atoms with E-state index in [0.29, 0.717) is 5.13 Å². The van der Waals surface area contributed by atoms with Crippen LogP contribution in [-0.4, -0.2) is 31.1 Å². The Balaban J connectivity index is 1.59. The molecule has 124 valence electrons. The molecule has 0 aliphatic heterocycles. The van der Waals surface area contributed by atoms with E-state index in [2.05, 4.69) is 25.8 Å². The number of carbonyl (C=O) groups excluding carboxylic acids is 1. The van der Waals surface area contributed by atoms with Crippen molar-refractivity contribution in [1.82, 2.24) is 25.2 Å². The summed E-state index contributed by atoms with van der Waals surface area (Å²) in [6, 6.07) is 12.7. The summed E-state index contributed by atoms with van der Waals surface area (Å²) in [5.74, 6) is -0.245. The molecule has 7 nitrogen and oxygen atoms in total. The largest absolute Gasteiger partial charge is 0.300 e. The number of thiophene rings is 1. The molecule has 3 heterocycles. The molecule has 3 aromatic heterocycles. The summed E-state index contributed by atoms with van der Waals surface area (Å²) in [6.45, 7) is 0. The normalized spacial score (nSPS) is 12.0. The SMILES string of the molecule is O=C(Nc1nc(-c2cccs2)cs1)[C@H](c1ccccc1)n1cnnn1. The second-order valence-corrected chi connectivity index (χ2v) is 6.91. The fourth-order valence-corrected chi connectivity index (χ4v) is 3.86. The van der Waals surface area contributed by atoms with Crippen LogP contribution in [0.1, 0.15) is 11.6 Å². The van der Waals surface area contributed by atoms with Gasteiger partial charge in [0.05, 0.1) is 10.6 Å². The molecular formula is C16H12N6OS2. The quantitative estimate of drug-likeness (QED) is 0.585. The van der Waals surface area contributed by atoms with Gasteiger partial charge in [-0.3, -0.25) is 10.1 Å². The predicted molar refractivity (Wildman–Crippen MR) is 96.5 cm³/mol. The Morgan fingerprint density at radius 2 is 2.00 bits per heavy atom. The third-order valence-electron chi connectivity index (χ3n) is 3.50. The maximum Gasteiger partial charge on any atom is 0.255 e. The average Bonchev–Trinajstić information content (AvgIpc) is 3.38. The Morgan fingerprint density at radius 1 is 1.12 bits per heavy atom. The van der Waals surface area contributed by atoms with Gasteiger partial charge < -0.3 is 0 Å². The number of nitrogens with one attached hydrogen (secondary N) is 1. The van der Waals surface area contributed by atoms with Crippen molar-refractivity contribution in [1.29, 1.82) is 0 Å². The molecule has 0 aliphatic carbocycles. The zero-order chi connectivity index (χ0) is 17.1. The van der Waals surface area contributed by atoms with Crippen LogP contribution < -0.4 is 5.32 Å².